The molecule has 1 fully saturated rings. The maximum Gasteiger partial charge on any atom is 0.224 e. The molecule has 1 atom stereocenters. The van der Waals surface area contributed by atoms with Gasteiger partial charge in [0.25, 0.3) is 0 Å². The average molecular weight is 407 g/mol. The van der Waals surface area contributed by atoms with Gasteiger partial charge in [-0.2, -0.15) is 0 Å². The maximum atomic E-state index is 12.4. The molecule has 1 saturated heterocycles. The molecule has 1 N–H and O–H groups in total. The second-order valence-corrected chi connectivity index (χ2v) is 7.58. The number of methoxy groups -OCH3 is 1. The Morgan fingerprint density at radius 3 is 2.44 bits per heavy atom. The van der Waals surface area contributed by atoms with E-state index < -0.39 is 0 Å². The van der Waals surface area contributed by atoms with E-state index in [1.807, 2.05) is 18.2 Å². The van der Waals surface area contributed by atoms with Gasteiger partial charge < -0.3 is 10.1 Å². The van der Waals surface area contributed by atoms with Crippen molar-refractivity contribution in [3.05, 3.63) is 63.6 Å². The van der Waals surface area contributed by atoms with E-state index in [1.165, 1.54) is 18.4 Å². The summed E-state index contributed by atoms with van der Waals surface area (Å²) in [4.78, 5) is 14.9. The van der Waals surface area contributed by atoms with Crippen molar-refractivity contribution >= 4 is 29.1 Å². The summed E-state index contributed by atoms with van der Waals surface area (Å²) in [5.74, 6) is 0.814. The van der Waals surface area contributed by atoms with Gasteiger partial charge in [-0.05, 0) is 61.3 Å². The molecule has 2 aromatic rings. The van der Waals surface area contributed by atoms with Crippen LogP contribution in [-0.2, 0) is 11.2 Å². The van der Waals surface area contributed by atoms with E-state index in [9.17, 15) is 4.79 Å². The molecule has 0 unspecified atom stereocenters. The van der Waals surface area contributed by atoms with Crippen LogP contribution in [0.3, 0.4) is 0 Å². The van der Waals surface area contributed by atoms with Gasteiger partial charge in [-0.3, -0.25) is 9.69 Å². The maximum absolute atomic E-state index is 12.4. The van der Waals surface area contributed by atoms with Crippen LogP contribution in [0, 0.1) is 0 Å². The molecule has 144 valence electrons. The first-order valence-electron chi connectivity index (χ1n) is 9.15. The van der Waals surface area contributed by atoms with Crippen LogP contribution in [0.15, 0.2) is 42.5 Å². The Morgan fingerprint density at radius 2 is 1.81 bits per heavy atom. The molecule has 1 aliphatic rings. The summed E-state index contributed by atoms with van der Waals surface area (Å²) in [6, 6.07) is 13.5. The first-order valence-corrected chi connectivity index (χ1v) is 9.91. The molecule has 1 amide bonds. The number of hydrogen-bond acceptors (Lipinski definition) is 3. The SMILES string of the molecule is COc1ccc([C@H](CNC(=O)Cc2ccc(Cl)c(Cl)c2)N2CCCC2)cc1. The van der Waals surface area contributed by atoms with Crippen LogP contribution in [0.1, 0.15) is 30.0 Å². The fourth-order valence-electron chi connectivity index (χ4n) is 3.45. The van der Waals surface area contributed by atoms with Gasteiger partial charge >= 0.3 is 0 Å². The average Bonchev–Trinajstić information content (AvgIpc) is 3.20. The zero-order valence-electron chi connectivity index (χ0n) is 15.4. The number of amides is 1. The largest absolute Gasteiger partial charge is 0.497 e. The quantitative estimate of drug-likeness (QED) is 0.735. The topological polar surface area (TPSA) is 41.6 Å². The van der Waals surface area contributed by atoms with E-state index >= 15 is 0 Å². The number of likely N-dealkylation sites (tertiary alicyclic amines) is 1. The van der Waals surface area contributed by atoms with Gasteiger partial charge in [0.15, 0.2) is 0 Å². The summed E-state index contributed by atoms with van der Waals surface area (Å²) in [5.41, 5.74) is 2.04. The van der Waals surface area contributed by atoms with E-state index in [4.69, 9.17) is 27.9 Å². The predicted octanol–water partition coefficient (Wildman–Crippen LogP) is 4.50. The minimum atomic E-state index is -0.0221. The van der Waals surface area contributed by atoms with Crippen LogP contribution in [0.4, 0.5) is 0 Å². The van der Waals surface area contributed by atoms with Crippen molar-refractivity contribution in [1.82, 2.24) is 10.2 Å². The third-order valence-electron chi connectivity index (χ3n) is 4.92. The van der Waals surface area contributed by atoms with Crippen molar-refractivity contribution in [2.45, 2.75) is 25.3 Å². The summed E-state index contributed by atoms with van der Waals surface area (Å²) in [5, 5.41) is 4.04. The Kier molecular flexibility index (Phi) is 7.00. The molecule has 0 aliphatic carbocycles. The number of rotatable bonds is 7. The van der Waals surface area contributed by atoms with E-state index in [1.54, 1.807) is 19.2 Å². The number of nitrogens with one attached hydrogen (secondary N) is 1. The number of carbonyl (C=O) groups excluding carboxylic acids is 1. The van der Waals surface area contributed by atoms with Gasteiger partial charge in [-0.1, -0.05) is 41.4 Å². The molecule has 3 rings (SSSR count). The highest BCUT2D eigenvalue weighted by molar-refractivity contribution is 6.42. The van der Waals surface area contributed by atoms with Gasteiger partial charge in [-0.25, -0.2) is 0 Å². The van der Waals surface area contributed by atoms with E-state index in [0.29, 0.717) is 16.6 Å². The van der Waals surface area contributed by atoms with Crippen molar-refractivity contribution in [1.29, 1.82) is 0 Å². The first-order chi connectivity index (χ1) is 13.1. The normalized spacial score (nSPS) is 15.5. The minimum absolute atomic E-state index is 0.0221. The smallest absolute Gasteiger partial charge is 0.224 e. The molecule has 2 aromatic carbocycles. The van der Waals surface area contributed by atoms with Gasteiger partial charge in [0, 0.05) is 6.54 Å². The number of ether oxygens (including phenoxy) is 1. The molecule has 1 aliphatic heterocycles. The third-order valence-corrected chi connectivity index (χ3v) is 5.66. The number of benzene rings is 2. The Morgan fingerprint density at radius 1 is 1.11 bits per heavy atom. The highest BCUT2D eigenvalue weighted by Crippen LogP contribution is 2.26. The van der Waals surface area contributed by atoms with Crippen molar-refractivity contribution < 1.29 is 9.53 Å². The lowest BCUT2D eigenvalue weighted by molar-refractivity contribution is -0.120. The van der Waals surface area contributed by atoms with Crippen LogP contribution in [0.2, 0.25) is 10.0 Å². The molecule has 1 heterocycles. The van der Waals surface area contributed by atoms with E-state index in [0.717, 1.165) is 24.4 Å². The number of carbonyl (C=O) groups is 1. The first kappa shape index (κ1) is 20.0. The van der Waals surface area contributed by atoms with Crippen molar-refractivity contribution in [2.75, 3.05) is 26.7 Å². The number of nitrogens with zero attached hydrogens (tertiary/aromatic N) is 1. The summed E-state index contributed by atoms with van der Waals surface area (Å²) in [6.07, 6.45) is 2.68. The molecular weight excluding hydrogens is 383 g/mol. The Balaban J connectivity index is 1.64. The Labute approximate surface area is 170 Å². The molecule has 4 nitrogen and oxygen atoms in total. The zero-order chi connectivity index (χ0) is 19.2. The summed E-state index contributed by atoms with van der Waals surface area (Å²) < 4.78 is 5.25. The van der Waals surface area contributed by atoms with Gasteiger partial charge in [0.2, 0.25) is 5.91 Å². The third kappa shape index (κ3) is 5.38. The van der Waals surface area contributed by atoms with Crippen LogP contribution in [0.25, 0.3) is 0 Å². The van der Waals surface area contributed by atoms with E-state index in [2.05, 4.69) is 22.3 Å². The molecule has 27 heavy (non-hydrogen) atoms. The second kappa shape index (κ2) is 9.45. The summed E-state index contributed by atoms with van der Waals surface area (Å²) >= 11 is 12.0. The lowest BCUT2D eigenvalue weighted by Gasteiger charge is -2.28. The van der Waals surface area contributed by atoms with Crippen molar-refractivity contribution in [2.24, 2.45) is 0 Å². The molecule has 0 bridgehead atoms. The zero-order valence-corrected chi connectivity index (χ0v) is 16.9. The second-order valence-electron chi connectivity index (χ2n) is 6.76. The number of hydrogen-bond donors (Lipinski definition) is 1. The predicted molar refractivity (Wildman–Crippen MR) is 110 cm³/mol. The Hall–Kier alpha value is -1.75. The lowest BCUT2D eigenvalue weighted by atomic mass is 10.0. The van der Waals surface area contributed by atoms with E-state index in [-0.39, 0.29) is 18.4 Å². The van der Waals surface area contributed by atoms with Gasteiger partial charge in [0.05, 0.1) is 29.6 Å². The molecular formula is C21H24Cl2N2O2. The minimum Gasteiger partial charge on any atom is -0.497 e. The van der Waals surface area contributed by atoms with Crippen LogP contribution < -0.4 is 10.1 Å². The Bertz CT molecular complexity index is 774. The summed E-state index contributed by atoms with van der Waals surface area (Å²) in [6.45, 7) is 2.69. The monoisotopic (exact) mass is 406 g/mol. The summed E-state index contributed by atoms with van der Waals surface area (Å²) in [7, 11) is 1.66. The molecule has 0 radical (unpaired) electrons. The lowest BCUT2D eigenvalue weighted by Crippen LogP contribution is -2.37. The van der Waals surface area contributed by atoms with Crippen molar-refractivity contribution in [3.63, 3.8) is 0 Å². The standard InChI is InChI=1S/C21H24Cl2N2O2/c1-27-17-7-5-16(6-8-17)20(25-10-2-3-11-25)14-24-21(26)13-15-4-9-18(22)19(23)12-15/h4-9,12,20H,2-3,10-11,13-14H2,1H3,(H,24,26)/t20-/m0/s1. The van der Waals surface area contributed by atoms with Gasteiger partial charge in [0.1, 0.15) is 5.75 Å². The molecule has 6 heteroatoms. The fourth-order valence-corrected chi connectivity index (χ4v) is 3.77. The molecule has 0 saturated carbocycles. The van der Waals surface area contributed by atoms with Crippen LogP contribution in [-0.4, -0.2) is 37.6 Å². The molecule has 0 spiro atoms. The molecule has 0 aromatic heterocycles. The highest BCUT2D eigenvalue weighted by atomic mass is 35.5. The van der Waals surface area contributed by atoms with Crippen LogP contribution in [0.5, 0.6) is 5.75 Å². The highest BCUT2D eigenvalue weighted by Gasteiger charge is 2.24. The van der Waals surface area contributed by atoms with Gasteiger partial charge in [-0.15, -0.1) is 0 Å². The van der Waals surface area contributed by atoms with Crippen molar-refractivity contribution in [3.8, 4) is 5.75 Å². The number of halogens is 2. The van der Waals surface area contributed by atoms with Crippen LogP contribution >= 0.6 is 23.2 Å². The fraction of sp³-hybridized carbons (Fsp3) is 0.381.